The third-order valence-corrected chi connectivity index (χ3v) is 4.29. The molecular formula is C22H24N4O3. The van der Waals surface area contributed by atoms with Crippen LogP contribution in [0.15, 0.2) is 53.1 Å². The highest BCUT2D eigenvalue weighted by Crippen LogP contribution is 2.19. The number of carbonyl (C=O) groups is 2. The zero-order chi connectivity index (χ0) is 20.8. The predicted molar refractivity (Wildman–Crippen MR) is 111 cm³/mol. The molecule has 150 valence electrons. The lowest BCUT2D eigenvalue weighted by molar-refractivity contribution is -0.116. The second kappa shape index (κ2) is 9.14. The van der Waals surface area contributed by atoms with Crippen molar-refractivity contribution in [1.82, 2.24) is 10.1 Å². The van der Waals surface area contributed by atoms with E-state index in [4.69, 9.17) is 4.52 Å². The first-order valence-electron chi connectivity index (χ1n) is 9.51. The summed E-state index contributed by atoms with van der Waals surface area (Å²) in [6, 6.07) is 14.4. The van der Waals surface area contributed by atoms with Gasteiger partial charge < -0.3 is 15.2 Å². The summed E-state index contributed by atoms with van der Waals surface area (Å²) in [7, 11) is 0. The maximum atomic E-state index is 12.7. The highest BCUT2D eigenvalue weighted by Gasteiger charge is 2.15. The van der Waals surface area contributed by atoms with E-state index < -0.39 is 0 Å². The minimum atomic E-state index is -0.287. The molecule has 0 spiro atoms. The Morgan fingerprint density at radius 2 is 1.86 bits per heavy atom. The monoisotopic (exact) mass is 392 g/mol. The molecule has 0 unspecified atom stereocenters. The molecule has 7 heteroatoms. The van der Waals surface area contributed by atoms with Gasteiger partial charge in [0, 0.05) is 24.4 Å². The average molecular weight is 392 g/mol. The highest BCUT2D eigenvalue weighted by atomic mass is 16.5. The first-order valence-corrected chi connectivity index (χ1v) is 9.51. The van der Waals surface area contributed by atoms with Crippen molar-refractivity contribution in [1.29, 1.82) is 0 Å². The van der Waals surface area contributed by atoms with E-state index in [0.717, 1.165) is 5.56 Å². The summed E-state index contributed by atoms with van der Waals surface area (Å²) < 4.78 is 5.16. The highest BCUT2D eigenvalue weighted by molar-refractivity contribution is 6.10. The molecule has 0 saturated carbocycles. The van der Waals surface area contributed by atoms with Gasteiger partial charge in [-0.3, -0.25) is 9.59 Å². The largest absolute Gasteiger partial charge is 0.339 e. The summed E-state index contributed by atoms with van der Waals surface area (Å²) in [4.78, 5) is 29.3. The Morgan fingerprint density at radius 3 is 2.59 bits per heavy atom. The van der Waals surface area contributed by atoms with Gasteiger partial charge in [-0.2, -0.15) is 4.98 Å². The molecule has 0 bridgehead atoms. The first kappa shape index (κ1) is 20.3. The van der Waals surface area contributed by atoms with Crippen molar-refractivity contribution >= 4 is 23.2 Å². The molecule has 2 amide bonds. The fraction of sp³-hybridized carbons (Fsp3) is 0.273. The molecule has 0 aliphatic heterocycles. The van der Waals surface area contributed by atoms with E-state index >= 15 is 0 Å². The van der Waals surface area contributed by atoms with E-state index in [0.29, 0.717) is 35.1 Å². The van der Waals surface area contributed by atoms with E-state index in [2.05, 4.69) is 20.8 Å². The number of hydrogen-bond acceptors (Lipinski definition) is 5. The zero-order valence-corrected chi connectivity index (χ0v) is 16.7. The summed E-state index contributed by atoms with van der Waals surface area (Å²) in [5.74, 6) is 0.697. The molecular weight excluding hydrogens is 368 g/mol. The van der Waals surface area contributed by atoms with Crippen molar-refractivity contribution in [3.8, 4) is 0 Å². The van der Waals surface area contributed by atoms with Gasteiger partial charge in [-0.05, 0) is 36.8 Å². The smallest absolute Gasteiger partial charge is 0.257 e. The van der Waals surface area contributed by atoms with E-state index in [-0.39, 0.29) is 24.2 Å². The number of anilines is 2. The molecule has 7 nitrogen and oxygen atoms in total. The summed E-state index contributed by atoms with van der Waals surface area (Å²) in [5, 5.41) is 9.55. The second-order valence-electron chi connectivity index (χ2n) is 7.12. The molecule has 0 aliphatic rings. The van der Waals surface area contributed by atoms with Gasteiger partial charge >= 0.3 is 0 Å². The Balaban J connectivity index is 1.63. The Kier molecular flexibility index (Phi) is 6.39. The number of para-hydroxylation sites is 1. The van der Waals surface area contributed by atoms with E-state index in [9.17, 15) is 9.59 Å². The van der Waals surface area contributed by atoms with Crippen LogP contribution >= 0.6 is 0 Å². The number of nitrogens with zero attached hydrogens (tertiary/aromatic N) is 2. The fourth-order valence-corrected chi connectivity index (χ4v) is 2.75. The van der Waals surface area contributed by atoms with E-state index in [1.165, 1.54) is 0 Å². The van der Waals surface area contributed by atoms with Gasteiger partial charge in [0.05, 0.1) is 11.3 Å². The quantitative estimate of drug-likeness (QED) is 0.624. The molecule has 0 fully saturated rings. The van der Waals surface area contributed by atoms with Gasteiger partial charge in [0.2, 0.25) is 11.8 Å². The number of nitrogens with one attached hydrogen (secondary N) is 2. The average Bonchev–Trinajstić information content (AvgIpc) is 3.16. The molecule has 0 radical (unpaired) electrons. The van der Waals surface area contributed by atoms with Crippen LogP contribution in [-0.4, -0.2) is 22.0 Å². The van der Waals surface area contributed by atoms with Gasteiger partial charge in [-0.1, -0.05) is 43.3 Å². The number of amides is 2. The summed E-state index contributed by atoms with van der Waals surface area (Å²) in [6.07, 6.45) is 0.511. The molecule has 2 aromatic carbocycles. The number of carbonyl (C=O) groups excluding carboxylic acids is 2. The van der Waals surface area contributed by atoms with Gasteiger partial charge in [0.1, 0.15) is 0 Å². The molecule has 2 N–H and O–H groups in total. The topological polar surface area (TPSA) is 97.1 Å². The fourth-order valence-electron chi connectivity index (χ4n) is 2.75. The SMILES string of the molecule is Cc1cccc(NC(=O)c2ccccc2NC(=O)CCc2nc(C(C)C)no2)c1. The summed E-state index contributed by atoms with van der Waals surface area (Å²) >= 11 is 0. The number of aryl methyl sites for hydroxylation is 2. The van der Waals surface area contributed by atoms with Crippen LogP contribution in [0.1, 0.15) is 53.8 Å². The molecule has 3 rings (SSSR count). The van der Waals surface area contributed by atoms with Gasteiger partial charge in [-0.25, -0.2) is 0 Å². The van der Waals surface area contributed by atoms with E-state index in [1.54, 1.807) is 24.3 Å². The molecule has 3 aromatic rings. The predicted octanol–water partition coefficient (Wildman–Crippen LogP) is 4.33. The lowest BCUT2D eigenvalue weighted by Crippen LogP contribution is -2.18. The van der Waals surface area contributed by atoms with Gasteiger partial charge in [-0.15, -0.1) is 0 Å². The molecule has 1 aromatic heterocycles. The van der Waals surface area contributed by atoms with Crippen molar-refractivity contribution in [3.63, 3.8) is 0 Å². The van der Waals surface area contributed by atoms with Crippen molar-refractivity contribution in [2.24, 2.45) is 0 Å². The van der Waals surface area contributed by atoms with Gasteiger partial charge in [0.25, 0.3) is 5.91 Å². The number of hydrogen-bond donors (Lipinski definition) is 2. The normalized spacial score (nSPS) is 10.8. The summed E-state index contributed by atoms with van der Waals surface area (Å²) in [5.41, 5.74) is 2.60. The van der Waals surface area contributed by atoms with Crippen LogP contribution in [0, 0.1) is 6.92 Å². The van der Waals surface area contributed by atoms with Crippen molar-refractivity contribution < 1.29 is 14.1 Å². The Labute approximate surface area is 169 Å². The first-order chi connectivity index (χ1) is 13.9. The molecule has 1 heterocycles. The second-order valence-corrected chi connectivity index (χ2v) is 7.12. The Hall–Kier alpha value is -3.48. The molecule has 29 heavy (non-hydrogen) atoms. The molecule has 0 saturated heterocycles. The van der Waals surface area contributed by atoms with Crippen LogP contribution in [0.25, 0.3) is 0 Å². The van der Waals surface area contributed by atoms with Crippen LogP contribution in [0.3, 0.4) is 0 Å². The Bertz CT molecular complexity index is 1010. The number of rotatable bonds is 7. The van der Waals surface area contributed by atoms with Crippen molar-refractivity contribution in [2.45, 2.75) is 39.5 Å². The van der Waals surface area contributed by atoms with Crippen molar-refractivity contribution in [3.05, 3.63) is 71.4 Å². The molecule has 0 aliphatic carbocycles. The van der Waals surface area contributed by atoms with Crippen LogP contribution < -0.4 is 10.6 Å². The van der Waals surface area contributed by atoms with Crippen LogP contribution in [-0.2, 0) is 11.2 Å². The van der Waals surface area contributed by atoms with Crippen LogP contribution in [0.2, 0.25) is 0 Å². The third-order valence-electron chi connectivity index (χ3n) is 4.29. The minimum absolute atomic E-state index is 0.167. The van der Waals surface area contributed by atoms with E-state index in [1.807, 2.05) is 45.0 Å². The lowest BCUT2D eigenvalue weighted by Gasteiger charge is -2.11. The van der Waals surface area contributed by atoms with Gasteiger partial charge in [0.15, 0.2) is 5.82 Å². The molecule has 0 atom stereocenters. The number of aromatic nitrogens is 2. The Morgan fingerprint density at radius 1 is 1.07 bits per heavy atom. The van der Waals surface area contributed by atoms with Crippen LogP contribution in [0.4, 0.5) is 11.4 Å². The van der Waals surface area contributed by atoms with Crippen LogP contribution in [0.5, 0.6) is 0 Å². The number of benzene rings is 2. The standard InChI is InChI=1S/C22H24N4O3/c1-14(2)21-25-20(29-26-21)12-11-19(27)24-18-10-5-4-9-17(18)22(28)23-16-8-6-7-15(3)13-16/h4-10,13-14H,11-12H2,1-3H3,(H,23,28)(H,24,27). The zero-order valence-electron chi connectivity index (χ0n) is 16.7. The minimum Gasteiger partial charge on any atom is -0.339 e. The maximum absolute atomic E-state index is 12.7. The maximum Gasteiger partial charge on any atom is 0.257 e. The van der Waals surface area contributed by atoms with Crippen molar-refractivity contribution in [2.75, 3.05) is 10.6 Å². The third kappa shape index (κ3) is 5.51. The summed E-state index contributed by atoms with van der Waals surface area (Å²) in [6.45, 7) is 5.90. The lowest BCUT2D eigenvalue weighted by atomic mass is 10.1.